The molecule has 184 valence electrons. The Morgan fingerprint density at radius 2 is 1.94 bits per heavy atom. The molecule has 1 saturated carbocycles. The van der Waals surface area contributed by atoms with E-state index in [1.165, 1.54) is 16.9 Å². The molecule has 0 amide bonds. The van der Waals surface area contributed by atoms with Crippen LogP contribution in [0, 0.1) is 10.1 Å². The molecule has 2 heterocycles. The van der Waals surface area contributed by atoms with E-state index >= 15 is 0 Å². The van der Waals surface area contributed by atoms with Crippen LogP contribution in [0.15, 0.2) is 67.0 Å². The number of ether oxygens (including phenoxy) is 1. The van der Waals surface area contributed by atoms with E-state index in [-0.39, 0.29) is 29.3 Å². The molecule has 36 heavy (non-hydrogen) atoms. The summed E-state index contributed by atoms with van der Waals surface area (Å²) in [6, 6.07) is 13.4. The number of hydrogen-bond acceptors (Lipinski definition) is 6. The molecular formula is C25H19F3N4O4. The topological polar surface area (TPSA) is 99.6 Å². The fraction of sp³-hybridized carbons (Fsp3) is 0.240. The molecule has 11 heteroatoms. The highest BCUT2D eigenvalue weighted by atomic mass is 19.4. The number of nitro groups is 1. The molecule has 0 saturated heterocycles. The maximum absolute atomic E-state index is 13.2. The van der Waals surface area contributed by atoms with Crippen LogP contribution in [0.4, 0.5) is 18.9 Å². The molecule has 0 bridgehead atoms. The predicted molar refractivity (Wildman–Crippen MR) is 122 cm³/mol. The van der Waals surface area contributed by atoms with Crippen LogP contribution in [0.2, 0.25) is 0 Å². The summed E-state index contributed by atoms with van der Waals surface area (Å²) < 4.78 is 46.3. The number of nitro benzene ring substituents is 1. The van der Waals surface area contributed by atoms with Crippen molar-refractivity contribution in [2.24, 2.45) is 0 Å². The molecule has 2 aromatic heterocycles. The number of benzene rings is 2. The van der Waals surface area contributed by atoms with Gasteiger partial charge < -0.3 is 4.74 Å². The third-order valence-corrected chi connectivity index (χ3v) is 6.47. The molecule has 2 atom stereocenters. The average Bonchev–Trinajstić information content (AvgIpc) is 3.48. The largest absolute Gasteiger partial charge is 0.465 e. The molecule has 0 radical (unpaired) electrons. The van der Waals surface area contributed by atoms with Crippen molar-refractivity contribution in [2.45, 2.75) is 30.9 Å². The fourth-order valence-corrected chi connectivity index (χ4v) is 4.73. The lowest BCUT2D eigenvalue weighted by molar-refractivity contribution is -0.384. The average molecular weight is 496 g/mol. The minimum Gasteiger partial charge on any atom is -0.465 e. The summed E-state index contributed by atoms with van der Waals surface area (Å²) in [5, 5.41) is 16.0. The quantitative estimate of drug-likeness (QED) is 0.204. The number of esters is 1. The summed E-state index contributed by atoms with van der Waals surface area (Å²) in [4.78, 5) is 28.3. The first-order valence-corrected chi connectivity index (χ1v) is 11.1. The first kappa shape index (κ1) is 23.5. The number of nitrogens with zero attached hydrogens (tertiary/aromatic N) is 4. The Morgan fingerprint density at radius 3 is 2.61 bits per heavy atom. The Kier molecular flexibility index (Phi) is 5.50. The standard InChI is InChI=1S/C25H19F3N4O4/c1-2-36-23(33)24(13-19(24)15-6-4-3-5-7-15)21-10-11-29-22-18(14-30-31(21)22)17-9-8-16(25(26,27)28)12-20(17)32(34)35/h3-12,14,19H,2,13H2,1H3. The van der Waals surface area contributed by atoms with Crippen LogP contribution in [0.5, 0.6) is 0 Å². The lowest BCUT2D eigenvalue weighted by Crippen LogP contribution is -2.28. The SMILES string of the molecule is CCOC(=O)C1(c2ccnc3c(-c4ccc(C(F)(F)F)cc4[N+](=O)[O-])cnn23)CC1c1ccccc1. The Hall–Kier alpha value is -4.28. The zero-order chi connectivity index (χ0) is 25.7. The lowest BCUT2D eigenvalue weighted by atomic mass is 9.95. The van der Waals surface area contributed by atoms with E-state index in [1.807, 2.05) is 30.3 Å². The van der Waals surface area contributed by atoms with Gasteiger partial charge in [-0.15, -0.1) is 0 Å². The summed E-state index contributed by atoms with van der Waals surface area (Å²) in [5.74, 6) is -0.611. The summed E-state index contributed by atoms with van der Waals surface area (Å²) >= 11 is 0. The lowest BCUT2D eigenvalue weighted by Gasteiger charge is -2.18. The van der Waals surface area contributed by atoms with Crippen molar-refractivity contribution < 1.29 is 27.6 Å². The molecule has 5 rings (SSSR count). The molecule has 2 aromatic carbocycles. The highest BCUT2D eigenvalue weighted by Gasteiger charge is 2.64. The van der Waals surface area contributed by atoms with Crippen LogP contribution in [0.1, 0.15) is 36.1 Å². The smallest absolute Gasteiger partial charge is 0.416 e. The van der Waals surface area contributed by atoms with Gasteiger partial charge in [0.25, 0.3) is 5.69 Å². The van der Waals surface area contributed by atoms with E-state index in [4.69, 9.17) is 4.74 Å². The van der Waals surface area contributed by atoms with Gasteiger partial charge in [0.2, 0.25) is 0 Å². The number of aromatic nitrogens is 3. The van der Waals surface area contributed by atoms with Gasteiger partial charge in [0.1, 0.15) is 5.41 Å². The zero-order valence-corrected chi connectivity index (χ0v) is 18.9. The van der Waals surface area contributed by atoms with Crippen LogP contribution in [0.25, 0.3) is 16.8 Å². The number of hydrogen-bond donors (Lipinski definition) is 0. The van der Waals surface area contributed by atoms with Crippen molar-refractivity contribution in [1.82, 2.24) is 14.6 Å². The van der Waals surface area contributed by atoms with Crippen LogP contribution in [-0.4, -0.2) is 32.1 Å². The Bertz CT molecular complexity index is 1490. The molecule has 0 N–H and O–H groups in total. The molecule has 0 aliphatic heterocycles. The number of alkyl halides is 3. The van der Waals surface area contributed by atoms with Crippen LogP contribution in [0.3, 0.4) is 0 Å². The predicted octanol–water partition coefficient (Wildman–Crippen LogP) is 5.31. The minimum absolute atomic E-state index is 0.0618. The summed E-state index contributed by atoms with van der Waals surface area (Å²) in [5.41, 5.74) is -1.18. The third kappa shape index (κ3) is 3.67. The number of carbonyl (C=O) groups excluding carboxylic acids is 1. The summed E-state index contributed by atoms with van der Waals surface area (Å²) in [6.07, 6.45) is -1.52. The van der Waals surface area contributed by atoms with Gasteiger partial charge in [0.15, 0.2) is 5.65 Å². The first-order chi connectivity index (χ1) is 17.2. The van der Waals surface area contributed by atoms with E-state index in [9.17, 15) is 28.1 Å². The molecule has 4 aromatic rings. The molecule has 2 unspecified atom stereocenters. The number of carbonyl (C=O) groups is 1. The van der Waals surface area contributed by atoms with Crippen molar-refractivity contribution in [2.75, 3.05) is 6.61 Å². The summed E-state index contributed by atoms with van der Waals surface area (Å²) in [7, 11) is 0. The van der Waals surface area contributed by atoms with E-state index in [0.29, 0.717) is 18.2 Å². The van der Waals surface area contributed by atoms with Gasteiger partial charge in [-0.2, -0.15) is 18.3 Å². The highest BCUT2D eigenvalue weighted by molar-refractivity contribution is 5.90. The third-order valence-electron chi connectivity index (χ3n) is 6.47. The molecule has 1 aliphatic carbocycles. The van der Waals surface area contributed by atoms with Gasteiger partial charge >= 0.3 is 12.1 Å². The maximum atomic E-state index is 13.2. The van der Waals surface area contributed by atoms with Crippen molar-refractivity contribution in [3.8, 4) is 11.1 Å². The number of halogens is 3. The van der Waals surface area contributed by atoms with Gasteiger partial charge in [-0.3, -0.25) is 14.9 Å². The van der Waals surface area contributed by atoms with Crippen molar-refractivity contribution in [3.05, 3.63) is 93.9 Å². The molecule has 8 nitrogen and oxygen atoms in total. The van der Waals surface area contributed by atoms with Crippen LogP contribution in [-0.2, 0) is 21.1 Å². The Balaban J connectivity index is 1.67. The maximum Gasteiger partial charge on any atom is 0.416 e. The first-order valence-electron chi connectivity index (χ1n) is 11.1. The van der Waals surface area contributed by atoms with Crippen molar-refractivity contribution >= 4 is 17.3 Å². The molecular weight excluding hydrogens is 477 g/mol. The summed E-state index contributed by atoms with van der Waals surface area (Å²) in [6.45, 7) is 1.89. The molecule has 1 fully saturated rings. The highest BCUT2D eigenvalue weighted by Crippen LogP contribution is 2.61. The monoisotopic (exact) mass is 496 g/mol. The zero-order valence-electron chi connectivity index (χ0n) is 18.9. The van der Waals surface area contributed by atoms with E-state index in [1.54, 1.807) is 13.0 Å². The second kappa shape index (κ2) is 8.43. The van der Waals surface area contributed by atoms with Crippen LogP contribution < -0.4 is 0 Å². The van der Waals surface area contributed by atoms with Crippen molar-refractivity contribution in [1.29, 1.82) is 0 Å². The van der Waals surface area contributed by atoms with E-state index < -0.39 is 33.7 Å². The van der Waals surface area contributed by atoms with Gasteiger partial charge in [0.05, 0.1) is 40.1 Å². The van der Waals surface area contributed by atoms with Gasteiger partial charge in [-0.25, -0.2) is 9.50 Å². The van der Waals surface area contributed by atoms with Gasteiger partial charge in [-0.1, -0.05) is 30.3 Å². The second-order valence-corrected chi connectivity index (χ2v) is 8.47. The van der Waals surface area contributed by atoms with E-state index in [0.717, 1.165) is 17.7 Å². The van der Waals surface area contributed by atoms with Gasteiger partial charge in [0, 0.05) is 18.2 Å². The fourth-order valence-electron chi connectivity index (χ4n) is 4.73. The minimum atomic E-state index is -4.74. The molecule has 1 aliphatic rings. The number of fused-ring (bicyclic) bond motifs is 1. The Labute approximate surface area is 202 Å². The molecule has 0 spiro atoms. The second-order valence-electron chi connectivity index (χ2n) is 8.47. The number of rotatable bonds is 6. The Morgan fingerprint density at radius 1 is 1.19 bits per heavy atom. The van der Waals surface area contributed by atoms with Crippen molar-refractivity contribution in [3.63, 3.8) is 0 Å². The van der Waals surface area contributed by atoms with Gasteiger partial charge in [-0.05, 0) is 37.1 Å². The van der Waals surface area contributed by atoms with E-state index in [2.05, 4.69) is 10.1 Å². The normalized spacial score (nSPS) is 19.3. The van der Waals surface area contributed by atoms with Crippen LogP contribution >= 0.6 is 0 Å².